The van der Waals surface area contributed by atoms with Gasteiger partial charge in [0.05, 0.1) is 0 Å². The summed E-state index contributed by atoms with van der Waals surface area (Å²) in [5.41, 5.74) is 0. The summed E-state index contributed by atoms with van der Waals surface area (Å²) < 4.78 is 0. The van der Waals surface area contributed by atoms with Crippen molar-refractivity contribution in [2.24, 2.45) is 5.92 Å². The van der Waals surface area contributed by atoms with E-state index < -0.39 is 0 Å². The van der Waals surface area contributed by atoms with Crippen LogP contribution in [0.3, 0.4) is 0 Å². The van der Waals surface area contributed by atoms with Crippen LogP contribution in [0.4, 0.5) is 0 Å². The third kappa shape index (κ3) is 16.4. The summed E-state index contributed by atoms with van der Waals surface area (Å²) in [6.45, 7) is 6.93. The highest BCUT2D eigenvalue weighted by molar-refractivity contribution is 4.74. The molecule has 0 bridgehead atoms. The van der Waals surface area contributed by atoms with Gasteiger partial charge in [0.15, 0.2) is 0 Å². The molecule has 0 heterocycles. The number of unbranched alkanes of at least 4 members (excludes halogenated alkanes) is 13. The molecule has 0 nitrogen and oxygen atoms in total. The highest BCUT2D eigenvalue weighted by Gasteiger charge is 2.05. The predicted octanol–water partition coefficient (Wildman–Crippen LogP) is 8.50. The summed E-state index contributed by atoms with van der Waals surface area (Å²) in [7, 11) is 0. The third-order valence-electron chi connectivity index (χ3n) is 4.99. The van der Waals surface area contributed by atoms with Gasteiger partial charge in [-0.05, 0) is 12.3 Å². The quantitative estimate of drug-likeness (QED) is 0.223. The minimum Gasteiger partial charge on any atom is -0.0654 e. The Morgan fingerprint density at radius 2 is 1.00 bits per heavy atom. The zero-order valence-electron chi connectivity index (χ0n) is 16.2. The molecule has 0 saturated carbocycles. The standard InChI is InChI=1S/C22H45/c1-4-7-9-10-11-12-13-14-15-16-17-18-19-21-22(6-3)20-8-5-2/h20,22H,4-19,21H2,1-3H3. The lowest BCUT2D eigenvalue weighted by molar-refractivity contribution is 0.469. The molecule has 0 aliphatic carbocycles. The van der Waals surface area contributed by atoms with E-state index in [9.17, 15) is 0 Å². The fraction of sp³-hybridized carbons (Fsp3) is 0.955. The van der Waals surface area contributed by atoms with Crippen molar-refractivity contribution in [3.63, 3.8) is 0 Å². The van der Waals surface area contributed by atoms with Crippen molar-refractivity contribution in [3.05, 3.63) is 6.42 Å². The van der Waals surface area contributed by atoms with E-state index in [1.54, 1.807) is 0 Å². The van der Waals surface area contributed by atoms with E-state index in [0.29, 0.717) is 0 Å². The van der Waals surface area contributed by atoms with Crippen molar-refractivity contribution in [3.8, 4) is 0 Å². The summed E-state index contributed by atoms with van der Waals surface area (Å²) in [5, 5.41) is 0. The molecule has 0 aromatic rings. The summed E-state index contributed by atoms with van der Waals surface area (Å²) in [6, 6.07) is 0. The van der Waals surface area contributed by atoms with E-state index in [0.717, 1.165) is 5.92 Å². The van der Waals surface area contributed by atoms with E-state index in [2.05, 4.69) is 27.2 Å². The molecule has 0 rings (SSSR count). The lowest BCUT2D eigenvalue weighted by Gasteiger charge is -2.13. The first-order valence-corrected chi connectivity index (χ1v) is 10.7. The van der Waals surface area contributed by atoms with Crippen molar-refractivity contribution < 1.29 is 0 Å². The number of hydrogen-bond donors (Lipinski definition) is 0. The fourth-order valence-corrected chi connectivity index (χ4v) is 3.32. The summed E-state index contributed by atoms with van der Waals surface area (Å²) in [5.74, 6) is 0.896. The normalized spacial score (nSPS) is 12.7. The SMILES string of the molecule is CCC[CH]C(CC)CCCCCCCCCCCCCCC. The predicted molar refractivity (Wildman–Crippen MR) is 103 cm³/mol. The topological polar surface area (TPSA) is 0 Å². The van der Waals surface area contributed by atoms with Crippen molar-refractivity contribution in [2.45, 2.75) is 130 Å². The molecule has 0 aliphatic rings. The molecule has 0 N–H and O–H groups in total. The minimum absolute atomic E-state index is 0.896. The molecule has 0 aromatic carbocycles. The van der Waals surface area contributed by atoms with E-state index in [4.69, 9.17) is 0 Å². The lowest BCUT2D eigenvalue weighted by atomic mass is 9.93. The second-order valence-corrected chi connectivity index (χ2v) is 7.22. The van der Waals surface area contributed by atoms with Gasteiger partial charge in [0.1, 0.15) is 0 Å². The van der Waals surface area contributed by atoms with E-state index in [1.807, 2.05) is 0 Å². The molecule has 1 atom stereocenters. The van der Waals surface area contributed by atoms with Gasteiger partial charge in [-0.3, -0.25) is 0 Å². The maximum atomic E-state index is 2.57. The molecule has 0 heteroatoms. The molecule has 0 spiro atoms. The summed E-state index contributed by atoms with van der Waals surface area (Å²) >= 11 is 0. The lowest BCUT2D eigenvalue weighted by Crippen LogP contribution is -1.99. The zero-order chi connectivity index (χ0) is 16.3. The number of rotatable bonds is 18. The van der Waals surface area contributed by atoms with Gasteiger partial charge in [-0.2, -0.15) is 0 Å². The van der Waals surface area contributed by atoms with Crippen LogP contribution in [0.15, 0.2) is 0 Å². The Bertz CT molecular complexity index is 184. The molecule has 22 heavy (non-hydrogen) atoms. The Morgan fingerprint density at radius 3 is 1.41 bits per heavy atom. The van der Waals surface area contributed by atoms with Gasteiger partial charge in [-0.15, -0.1) is 0 Å². The first-order valence-electron chi connectivity index (χ1n) is 10.7. The Kier molecular flexibility index (Phi) is 19.0. The van der Waals surface area contributed by atoms with Crippen LogP contribution in [0.5, 0.6) is 0 Å². The van der Waals surface area contributed by atoms with Gasteiger partial charge >= 0.3 is 0 Å². The van der Waals surface area contributed by atoms with Crippen LogP contribution in [-0.2, 0) is 0 Å². The molecule has 0 saturated heterocycles. The summed E-state index contributed by atoms with van der Waals surface area (Å²) in [6.07, 6.45) is 27.0. The van der Waals surface area contributed by atoms with Gasteiger partial charge in [0.2, 0.25) is 0 Å². The molecular weight excluding hydrogens is 264 g/mol. The zero-order valence-corrected chi connectivity index (χ0v) is 16.2. The average Bonchev–Trinajstić information content (AvgIpc) is 2.54. The van der Waals surface area contributed by atoms with Crippen molar-refractivity contribution >= 4 is 0 Å². The molecule has 0 aliphatic heterocycles. The van der Waals surface area contributed by atoms with Crippen molar-refractivity contribution in [2.75, 3.05) is 0 Å². The molecule has 0 fully saturated rings. The number of hydrogen-bond acceptors (Lipinski definition) is 0. The maximum absolute atomic E-state index is 2.57. The monoisotopic (exact) mass is 309 g/mol. The van der Waals surface area contributed by atoms with Gasteiger partial charge in [-0.25, -0.2) is 0 Å². The second kappa shape index (κ2) is 19.0. The Hall–Kier alpha value is 0. The molecule has 133 valence electrons. The van der Waals surface area contributed by atoms with Crippen LogP contribution in [0.2, 0.25) is 0 Å². The van der Waals surface area contributed by atoms with Crippen molar-refractivity contribution in [1.82, 2.24) is 0 Å². The fourth-order valence-electron chi connectivity index (χ4n) is 3.32. The molecule has 0 amide bonds. The van der Waals surface area contributed by atoms with Crippen LogP contribution in [0, 0.1) is 12.3 Å². The second-order valence-electron chi connectivity index (χ2n) is 7.22. The van der Waals surface area contributed by atoms with Gasteiger partial charge in [-0.1, -0.05) is 130 Å². The van der Waals surface area contributed by atoms with Crippen LogP contribution in [0.25, 0.3) is 0 Å². The average molecular weight is 310 g/mol. The van der Waals surface area contributed by atoms with E-state index in [-0.39, 0.29) is 0 Å². The Labute approximate surface area is 142 Å². The van der Waals surface area contributed by atoms with Crippen LogP contribution in [-0.4, -0.2) is 0 Å². The van der Waals surface area contributed by atoms with Gasteiger partial charge < -0.3 is 0 Å². The highest BCUT2D eigenvalue weighted by atomic mass is 14.1. The first kappa shape index (κ1) is 22.0. The molecule has 1 unspecified atom stereocenters. The first-order chi connectivity index (χ1) is 10.8. The van der Waals surface area contributed by atoms with Gasteiger partial charge in [0, 0.05) is 0 Å². The van der Waals surface area contributed by atoms with E-state index in [1.165, 1.54) is 109 Å². The highest BCUT2D eigenvalue weighted by Crippen LogP contribution is 2.20. The summed E-state index contributed by atoms with van der Waals surface area (Å²) in [4.78, 5) is 0. The van der Waals surface area contributed by atoms with Crippen LogP contribution < -0.4 is 0 Å². The third-order valence-corrected chi connectivity index (χ3v) is 4.99. The maximum Gasteiger partial charge on any atom is -0.0355 e. The largest absolute Gasteiger partial charge is 0.0654 e. The smallest absolute Gasteiger partial charge is 0.0355 e. The Morgan fingerprint density at radius 1 is 0.545 bits per heavy atom. The molecule has 0 aromatic heterocycles. The van der Waals surface area contributed by atoms with E-state index >= 15 is 0 Å². The van der Waals surface area contributed by atoms with Crippen LogP contribution in [0.1, 0.15) is 130 Å². The minimum atomic E-state index is 0.896. The molecule has 1 radical (unpaired) electrons. The Balaban J connectivity index is 3.13. The molecular formula is C22H45. The van der Waals surface area contributed by atoms with Gasteiger partial charge in [0.25, 0.3) is 0 Å². The van der Waals surface area contributed by atoms with Crippen LogP contribution >= 0.6 is 0 Å². The van der Waals surface area contributed by atoms with Crippen molar-refractivity contribution in [1.29, 1.82) is 0 Å².